The van der Waals surface area contributed by atoms with Gasteiger partial charge in [0.1, 0.15) is 17.4 Å². The van der Waals surface area contributed by atoms with Gasteiger partial charge in [-0.25, -0.2) is 4.98 Å². The van der Waals surface area contributed by atoms with Crippen LogP contribution in [-0.2, 0) is 14.4 Å². The van der Waals surface area contributed by atoms with Crippen LogP contribution in [0.3, 0.4) is 0 Å². The van der Waals surface area contributed by atoms with E-state index in [1.165, 1.54) is 17.0 Å². The normalized spacial score (nSPS) is 17.8. The Balaban J connectivity index is 1.58. The Hall–Kier alpha value is -2.19. The van der Waals surface area contributed by atoms with Gasteiger partial charge in [0.15, 0.2) is 0 Å². The van der Waals surface area contributed by atoms with Crippen molar-refractivity contribution < 1.29 is 19.2 Å². The summed E-state index contributed by atoms with van der Waals surface area (Å²) in [5.74, 6) is -1.30. The predicted molar refractivity (Wildman–Crippen MR) is 92.7 cm³/mol. The highest BCUT2D eigenvalue weighted by molar-refractivity contribution is 6.34. The van der Waals surface area contributed by atoms with E-state index >= 15 is 0 Å². The maximum absolute atomic E-state index is 12.5. The predicted octanol–water partition coefficient (Wildman–Crippen LogP) is 0.822. The van der Waals surface area contributed by atoms with Crippen LogP contribution >= 0.6 is 23.2 Å². The smallest absolute Gasteiger partial charge is 0.274 e. The maximum Gasteiger partial charge on any atom is 0.274 e. The van der Waals surface area contributed by atoms with E-state index in [9.17, 15) is 19.2 Å². The zero-order valence-corrected chi connectivity index (χ0v) is 15.3. The summed E-state index contributed by atoms with van der Waals surface area (Å²) in [6.45, 7) is 0.971. The Bertz CT molecular complexity index is 762. The monoisotopic (exact) mass is 398 g/mol. The number of hydrogen-bond donors (Lipinski definition) is 0. The molecule has 0 atom stereocenters. The Morgan fingerprint density at radius 1 is 0.962 bits per heavy atom. The summed E-state index contributed by atoms with van der Waals surface area (Å²) in [6, 6.07) is 3.01. The summed E-state index contributed by atoms with van der Waals surface area (Å²) in [5.41, 5.74) is 0.0761. The SMILES string of the molecule is O=C(CN1C(=O)CCC1=O)N1CCN(C(=O)c2nc(Cl)ccc2Cl)CC1. The fraction of sp³-hybridized carbons (Fsp3) is 0.438. The molecule has 2 saturated heterocycles. The van der Waals surface area contributed by atoms with Crippen LogP contribution in [0.5, 0.6) is 0 Å². The minimum absolute atomic E-state index is 0.0761. The van der Waals surface area contributed by atoms with Gasteiger partial charge in [0.05, 0.1) is 5.02 Å². The van der Waals surface area contributed by atoms with Gasteiger partial charge in [0, 0.05) is 39.0 Å². The quantitative estimate of drug-likeness (QED) is 0.555. The van der Waals surface area contributed by atoms with Crippen molar-refractivity contribution in [1.82, 2.24) is 19.7 Å². The molecule has 0 N–H and O–H groups in total. The molecular weight excluding hydrogens is 383 g/mol. The van der Waals surface area contributed by atoms with E-state index in [4.69, 9.17) is 23.2 Å². The van der Waals surface area contributed by atoms with E-state index in [0.29, 0.717) is 26.2 Å². The number of carbonyl (C=O) groups excluding carboxylic acids is 4. The minimum Gasteiger partial charge on any atom is -0.338 e. The molecule has 10 heteroatoms. The molecule has 0 aliphatic carbocycles. The summed E-state index contributed by atoms with van der Waals surface area (Å²) < 4.78 is 0. The zero-order valence-electron chi connectivity index (χ0n) is 13.8. The van der Waals surface area contributed by atoms with Crippen molar-refractivity contribution in [3.8, 4) is 0 Å². The fourth-order valence-corrected chi connectivity index (χ4v) is 3.25. The van der Waals surface area contributed by atoms with Crippen molar-refractivity contribution in [3.63, 3.8) is 0 Å². The highest BCUT2D eigenvalue weighted by Crippen LogP contribution is 2.19. The van der Waals surface area contributed by atoms with Crippen molar-refractivity contribution in [3.05, 3.63) is 28.0 Å². The molecule has 0 saturated carbocycles. The van der Waals surface area contributed by atoms with E-state index < -0.39 is 0 Å². The number of likely N-dealkylation sites (tertiary alicyclic amines) is 1. The maximum atomic E-state index is 12.5. The molecule has 1 aromatic rings. The van der Waals surface area contributed by atoms with Crippen LogP contribution in [0.25, 0.3) is 0 Å². The molecule has 0 unspecified atom stereocenters. The number of carbonyl (C=O) groups is 4. The van der Waals surface area contributed by atoms with Crippen LogP contribution in [0, 0.1) is 0 Å². The van der Waals surface area contributed by atoms with Crippen LogP contribution in [-0.4, -0.2) is 76.0 Å². The average molecular weight is 399 g/mol. The van der Waals surface area contributed by atoms with E-state index in [0.717, 1.165) is 4.90 Å². The molecule has 8 nitrogen and oxygen atoms in total. The largest absolute Gasteiger partial charge is 0.338 e. The van der Waals surface area contributed by atoms with Gasteiger partial charge in [0.2, 0.25) is 17.7 Å². The first-order valence-electron chi connectivity index (χ1n) is 8.09. The summed E-state index contributed by atoms with van der Waals surface area (Å²) in [7, 11) is 0. The molecular formula is C16H16Cl2N4O4. The lowest BCUT2D eigenvalue weighted by Crippen LogP contribution is -2.53. The molecule has 2 fully saturated rings. The highest BCUT2D eigenvalue weighted by atomic mass is 35.5. The van der Waals surface area contributed by atoms with Gasteiger partial charge in [0.25, 0.3) is 5.91 Å². The van der Waals surface area contributed by atoms with E-state index in [1.54, 1.807) is 4.90 Å². The summed E-state index contributed by atoms with van der Waals surface area (Å²) in [4.78, 5) is 56.1. The lowest BCUT2D eigenvalue weighted by Gasteiger charge is -2.35. The lowest BCUT2D eigenvalue weighted by atomic mass is 10.2. The Morgan fingerprint density at radius 2 is 1.54 bits per heavy atom. The molecule has 0 bridgehead atoms. The van der Waals surface area contributed by atoms with Gasteiger partial charge in [-0.15, -0.1) is 0 Å². The van der Waals surface area contributed by atoms with Crippen LogP contribution < -0.4 is 0 Å². The zero-order chi connectivity index (χ0) is 18.8. The van der Waals surface area contributed by atoms with Gasteiger partial charge in [-0.3, -0.25) is 24.1 Å². The van der Waals surface area contributed by atoms with Crippen molar-refractivity contribution >= 4 is 46.8 Å². The molecule has 1 aromatic heterocycles. The van der Waals surface area contributed by atoms with Gasteiger partial charge in [-0.2, -0.15) is 0 Å². The molecule has 0 radical (unpaired) electrons. The molecule has 26 heavy (non-hydrogen) atoms. The van der Waals surface area contributed by atoms with E-state index in [-0.39, 0.29) is 58.9 Å². The molecule has 138 valence electrons. The van der Waals surface area contributed by atoms with Crippen LogP contribution in [0.4, 0.5) is 0 Å². The molecule has 3 heterocycles. The third-order valence-corrected chi connectivity index (χ3v) is 4.90. The minimum atomic E-state index is -0.352. The van der Waals surface area contributed by atoms with Crippen LogP contribution in [0.2, 0.25) is 10.2 Å². The lowest BCUT2D eigenvalue weighted by molar-refractivity contribution is -0.146. The third-order valence-electron chi connectivity index (χ3n) is 4.38. The van der Waals surface area contributed by atoms with E-state index in [1.807, 2.05) is 0 Å². The van der Waals surface area contributed by atoms with Crippen molar-refractivity contribution in [1.29, 1.82) is 0 Å². The summed E-state index contributed by atoms with van der Waals surface area (Å²) >= 11 is 11.8. The molecule has 0 aromatic carbocycles. The second kappa shape index (κ2) is 7.59. The molecule has 2 aliphatic heterocycles. The van der Waals surface area contributed by atoms with Gasteiger partial charge < -0.3 is 9.80 Å². The van der Waals surface area contributed by atoms with Crippen LogP contribution in [0.1, 0.15) is 23.3 Å². The second-order valence-corrected chi connectivity index (χ2v) is 6.81. The number of nitrogens with zero attached hydrogens (tertiary/aromatic N) is 4. The molecule has 2 aliphatic rings. The number of halogens is 2. The molecule has 0 spiro atoms. The van der Waals surface area contributed by atoms with Crippen molar-refractivity contribution in [2.45, 2.75) is 12.8 Å². The topological polar surface area (TPSA) is 90.9 Å². The Labute approximate surface area is 159 Å². The number of hydrogen-bond acceptors (Lipinski definition) is 5. The first-order valence-corrected chi connectivity index (χ1v) is 8.84. The molecule has 3 rings (SSSR count). The summed E-state index contributed by atoms with van der Waals surface area (Å²) in [6.07, 6.45) is 0.309. The standard InChI is InChI=1S/C16H16Cl2N4O4/c17-10-1-2-11(18)19-15(10)16(26)21-7-5-20(6-8-21)14(25)9-22-12(23)3-4-13(22)24/h1-2H,3-9H2. The number of rotatable bonds is 3. The van der Waals surface area contributed by atoms with Crippen LogP contribution in [0.15, 0.2) is 12.1 Å². The Morgan fingerprint density at radius 3 is 2.15 bits per heavy atom. The first-order chi connectivity index (χ1) is 12.4. The Kier molecular flexibility index (Phi) is 5.43. The summed E-state index contributed by atoms with van der Waals surface area (Å²) in [5, 5.41) is 0.385. The van der Waals surface area contributed by atoms with E-state index in [2.05, 4.69) is 4.98 Å². The van der Waals surface area contributed by atoms with Gasteiger partial charge in [-0.1, -0.05) is 23.2 Å². The number of piperazine rings is 1. The third kappa shape index (κ3) is 3.81. The first kappa shape index (κ1) is 18.6. The average Bonchev–Trinajstić information content (AvgIpc) is 2.95. The van der Waals surface area contributed by atoms with Gasteiger partial charge >= 0.3 is 0 Å². The number of imide groups is 1. The van der Waals surface area contributed by atoms with Gasteiger partial charge in [-0.05, 0) is 12.1 Å². The molecule has 4 amide bonds. The van der Waals surface area contributed by atoms with Crippen molar-refractivity contribution in [2.75, 3.05) is 32.7 Å². The highest BCUT2D eigenvalue weighted by Gasteiger charge is 2.33. The second-order valence-electron chi connectivity index (χ2n) is 6.01. The number of aromatic nitrogens is 1. The number of pyridine rings is 1. The fourth-order valence-electron chi connectivity index (χ4n) is 2.91. The van der Waals surface area contributed by atoms with Crippen molar-refractivity contribution in [2.24, 2.45) is 0 Å². The number of amides is 4.